The molecule has 0 fully saturated rings. The summed E-state index contributed by atoms with van der Waals surface area (Å²) < 4.78 is 40.8. The van der Waals surface area contributed by atoms with Crippen molar-refractivity contribution in [2.75, 3.05) is 6.56 Å². The maximum Gasteiger partial charge on any atom is 0.133 e. The highest BCUT2D eigenvalue weighted by molar-refractivity contribution is 9.10. The molecule has 0 heterocycles. The zero-order valence-electron chi connectivity index (χ0n) is 10.1. The standard InChI is InChI=1S/C8H9BrO/c1-2-10-8-6-4-3-5-7(8)9/h3-6H,2H2,1H3/i1D3,2D2. The summed E-state index contributed by atoms with van der Waals surface area (Å²) in [5.41, 5.74) is 0. The first-order chi connectivity index (χ1) is 6.74. The van der Waals surface area contributed by atoms with Gasteiger partial charge in [0.15, 0.2) is 0 Å². The van der Waals surface area contributed by atoms with Crippen LogP contribution in [-0.2, 0) is 0 Å². The second-order valence-corrected chi connectivity index (χ2v) is 2.49. The molecule has 0 aliphatic rings. The fourth-order valence-corrected chi connectivity index (χ4v) is 0.948. The lowest BCUT2D eigenvalue weighted by Gasteiger charge is -2.03. The summed E-state index contributed by atoms with van der Waals surface area (Å²) >= 11 is 3.14. The van der Waals surface area contributed by atoms with E-state index in [1.165, 1.54) is 6.07 Å². The van der Waals surface area contributed by atoms with E-state index in [-0.39, 0.29) is 5.75 Å². The van der Waals surface area contributed by atoms with E-state index in [1.807, 2.05) is 0 Å². The Balaban J connectivity index is 2.92. The van der Waals surface area contributed by atoms with E-state index >= 15 is 0 Å². The van der Waals surface area contributed by atoms with E-state index in [0.29, 0.717) is 4.47 Å². The molecule has 0 aliphatic carbocycles. The highest BCUT2D eigenvalue weighted by Gasteiger charge is 1.94. The molecule has 0 bridgehead atoms. The van der Waals surface area contributed by atoms with Crippen molar-refractivity contribution in [3.63, 3.8) is 0 Å². The number of rotatable bonds is 2. The molecule has 0 saturated heterocycles. The van der Waals surface area contributed by atoms with Gasteiger partial charge in [-0.2, -0.15) is 0 Å². The van der Waals surface area contributed by atoms with Crippen LogP contribution in [0.4, 0.5) is 0 Å². The first-order valence-electron chi connectivity index (χ1n) is 5.17. The third-order valence-electron chi connectivity index (χ3n) is 0.998. The fraction of sp³-hybridized carbons (Fsp3) is 0.250. The van der Waals surface area contributed by atoms with Crippen LogP contribution >= 0.6 is 15.9 Å². The van der Waals surface area contributed by atoms with Gasteiger partial charge in [-0.15, -0.1) is 0 Å². The van der Waals surface area contributed by atoms with E-state index in [0.717, 1.165) is 0 Å². The molecule has 1 rings (SSSR count). The van der Waals surface area contributed by atoms with Gasteiger partial charge in [-0.3, -0.25) is 0 Å². The number of halogens is 1. The van der Waals surface area contributed by atoms with Crippen LogP contribution in [0.25, 0.3) is 0 Å². The average Bonchev–Trinajstić information content (AvgIpc) is 2.06. The van der Waals surface area contributed by atoms with Crippen LogP contribution in [0.2, 0.25) is 0 Å². The summed E-state index contributed by atoms with van der Waals surface area (Å²) in [4.78, 5) is 0. The molecule has 0 aromatic heterocycles. The predicted octanol–water partition coefficient (Wildman–Crippen LogP) is 2.85. The van der Waals surface area contributed by atoms with Crippen molar-refractivity contribution >= 4 is 15.9 Å². The van der Waals surface area contributed by atoms with Crippen LogP contribution in [0.1, 0.15) is 13.7 Å². The van der Waals surface area contributed by atoms with Crippen LogP contribution in [-0.4, -0.2) is 6.56 Å². The van der Waals surface area contributed by atoms with E-state index in [9.17, 15) is 0 Å². The normalized spacial score (nSPS) is 19.5. The van der Waals surface area contributed by atoms with Gasteiger partial charge >= 0.3 is 0 Å². The molecule has 0 saturated carbocycles. The predicted molar refractivity (Wildman–Crippen MR) is 45.3 cm³/mol. The smallest absolute Gasteiger partial charge is 0.133 e. The van der Waals surface area contributed by atoms with Gasteiger partial charge < -0.3 is 4.74 Å². The Morgan fingerprint density at radius 1 is 1.70 bits per heavy atom. The number of ether oxygens (including phenoxy) is 1. The molecule has 1 nitrogen and oxygen atoms in total. The van der Waals surface area contributed by atoms with Crippen molar-refractivity contribution in [2.24, 2.45) is 0 Å². The third-order valence-corrected chi connectivity index (χ3v) is 1.65. The Kier molecular flexibility index (Phi) is 1.18. The van der Waals surface area contributed by atoms with Gasteiger partial charge in [0.1, 0.15) is 5.75 Å². The molecular formula is C8H9BrO. The molecule has 2 heteroatoms. The number of hydrogen-bond acceptors (Lipinski definition) is 1. The summed E-state index contributed by atoms with van der Waals surface area (Å²) in [6.45, 7) is -5.51. The fourth-order valence-electron chi connectivity index (χ4n) is 0.582. The molecule has 54 valence electrons. The van der Waals surface area contributed by atoms with Gasteiger partial charge in [0, 0.05) is 4.11 Å². The summed E-state index contributed by atoms with van der Waals surface area (Å²) in [6, 6.07) is 6.50. The van der Waals surface area contributed by atoms with Gasteiger partial charge in [-0.1, -0.05) is 12.1 Å². The second kappa shape index (κ2) is 3.62. The molecular weight excluding hydrogens is 192 g/mol. The minimum atomic E-state index is -2.82. The summed E-state index contributed by atoms with van der Waals surface area (Å²) in [5.74, 6) is 0.165. The largest absolute Gasteiger partial charge is 0.493 e. The summed E-state index contributed by atoms with van der Waals surface area (Å²) in [7, 11) is 0. The molecule has 0 aliphatic heterocycles. The van der Waals surface area contributed by atoms with Gasteiger partial charge in [0.05, 0.1) is 13.8 Å². The molecule has 0 unspecified atom stereocenters. The quantitative estimate of drug-likeness (QED) is 0.722. The second-order valence-electron chi connectivity index (χ2n) is 1.63. The molecule has 0 N–H and O–H groups in total. The SMILES string of the molecule is [2H]C([2H])([2H])C([2H])([2H])Oc1ccccc1Br. The number of hydrogen-bond donors (Lipinski definition) is 0. The molecule has 1 aromatic carbocycles. The number of benzene rings is 1. The zero-order chi connectivity index (χ0) is 11.7. The molecule has 0 atom stereocenters. The van der Waals surface area contributed by atoms with Crippen molar-refractivity contribution in [3.05, 3.63) is 28.7 Å². The lowest BCUT2D eigenvalue weighted by molar-refractivity contribution is 0.338. The molecule has 0 spiro atoms. The van der Waals surface area contributed by atoms with Gasteiger partial charge in [0.25, 0.3) is 0 Å². The van der Waals surface area contributed by atoms with Crippen LogP contribution in [0, 0.1) is 0 Å². The zero-order valence-corrected chi connectivity index (χ0v) is 6.68. The van der Waals surface area contributed by atoms with Crippen molar-refractivity contribution < 1.29 is 11.6 Å². The third kappa shape index (κ3) is 1.74. The Labute approximate surface area is 76.2 Å². The molecule has 0 radical (unpaired) electrons. The van der Waals surface area contributed by atoms with E-state index in [4.69, 9.17) is 11.6 Å². The lowest BCUT2D eigenvalue weighted by atomic mass is 10.3. The Bertz CT molecular complexity index is 349. The maximum absolute atomic E-state index is 7.27. The number of para-hydroxylation sites is 1. The topological polar surface area (TPSA) is 9.23 Å². The van der Waals surface area contributed by atoms with E-state index < -0.39 is 13.4 Å². The molecule has 10 heavy (non-hydrogen) atoms. The molecule has 1 aromatic rings. The summed E-state index contributed by atoms with van der Waals surface area (Å²) in [5, 5.41) is 0. The van der Waals surface area contributed by atoms with Gasteiger partial charge in [0.2, 0.25) is 0 Å². The van der Waals surface area contributed by atoms with Crippen molar-refractivity contribution in [3.8, 4) is 5.75 Å². The minimum absolute atomic E-state index is 0.165. The van der Waals surface area contributed by atoms with Crippen LogP contribution in [0.5, 0.6) is 5.75 Å². The van der Waals surface area contributed by atoms with E-state index in [1.54, 1.807) is 18.2 Å². The average molecular weight is 206 g/mol. The highest BCUT2D eigenvalue weighted by Crippen LogP contribution is 2.23. The first-order valence-corrected chi connectivity index (χ1v) is 3.47. The van der Waals surface area contributed by atoms with Crippen LogP contribution in [0.15, 0.2) is 28.7 Å². The monoisotopic (exact) mass is 205 g/mol. The van der Waals surface area contributed by atoms with Crippen LogP contribution < -0.4 is 4.74 Å². The Hall–Kier alpha value is -0.500. The first kappa shape index (κ1) is 3.26. The lowest BCUT2D eigenvalue weighted by Crippen LogP contribution is -1.91. The Morgan fingerprint density at radius 2 is 2.50 bits per heavy atom. The van der Waals surface area contributed by atoms with Crippen molar-refractivity contribution in [2.45, 2.75) is 6.85 Å². The Morgan fingerprint density at radius 3 is 3.20 bits per heavy atom. The van der Waals surface area contributed by atoms with Gasteiger partial charge in [-0.25, -0.2) is 0 Å². The minimum Gasteiger partial charge on any atom is -0.493 e. The summed E-state index contributed by atoms with van der Waals surface area (Å²) in [6.07, 6.45) is 0. The maximum atomic E-state index is 7.27. The van der Waals surface area contributed by atoms with Gasteiger partial charge in [-0.05, 0) is 34.9 Å². The highest BCUT2D eigenvalue weighted by atomic mass is 79.9. The molecule has 0 amide bonds. The van der Waals surface area contributed by atoms with Crippen molar-refractivity contribution in [1.29, 1.82) is 0 Å². The van der Waals surface area contributed by atoms with E-state index in [2.05, 4.69) is 15.9 Å². The van der Waals surface area contributed by atoms with Crippen LogP contribution in [0.3, 0.4) is 0 Å². The van der Waals surface area contributed by atoms with Crippen molar-refractivity contribution in [1.82, 2.24) is 0 Å².